The van der Waals surface area contributed by atoms with Crippen LogP contribution in [-0.2, 0) is 4.74 Å². The number of epoxide rings is 1. The van der Waals surface area contributed by atoms with Gasteiger partial charge in [0.1, 0.15) is 18.5 Å². The second kappa shape index (κ2) is 3.67. The summed E-state index contributed by atoms with van der Waals surface area (Å²) in [7, 11) is 0. The Morgan fingerprint density at radius 2 is 2.14 bits per heavy atom. The Hall–Kier alpha value is -1.55. The maximum absolute atomic E-state index is 10.7. The van der Waals surface area contributed by atoms with Crippen molar-refractivity contribution >= 4 is 5.91 Å². The zero-order valence-electron chi connectivity index (χ0n) is 7.60. The Kier molecular flexibility index (Phi) is 2.37. The lowest BCUT2D eigenvalue weighted by Gasteiger charge is -2.03. The van der Waals surface area contributed by atoms with Crippen LogP contribution in [0.15, 0.2) is 24.3 Å². The number of nitrogens with two attached hydrogens (primary N) is 1. The average molecular weight is 193 g/mol. The van der Waals surface area contributed by atoms with Crippen LogP contribution >= 0.6 is 0 Å². The van der Waals surface area contributed by atoms with Gasteiger partial charge in [0, 0.05) is 5.56 Å². The second-order valence-corrected chi connectivity index (χ2v) is 3.15. The molecule has 0 spiro atoms. The van der Waals surface area contributed by atoms with Gasteiger partial charge in [0.2, 0.25) is 5.91 Å². The molecule has 2 rings (SSSR count). The van der Waals surface area contributed by atoms with E-state index in [4.69, 9.17) is 15.2 Å². The molecule has 1 fully saturated rings. The summed E-state index contributed by atoms with van der Waals surface area (Å²) in [6.45, 7) is 1.34. The number of ether oxygens (including phenoxy) is 2. The van der Waals surface area contributed by atoms with Crippen LogP contribution in [0.1, 0.15) is 10.4 Å². The molecule has 0 radical (unpaired) electrons. The zero-order valence-corrected chi connectivity index (χ0v) is 7.60. The highest BCUT2D eigenvalue weighted by atomic mass is 16.6. The summed E-state index contributed by atoms with van der Waals surface area (Å²) in [6, 6.07) is 6.74. The number of carbonyl (C=O) groups excluding carboxylic acids is 1. The lowest BCUT2D eigenvalue weighted by molar-refractivity contribution is 0.100. The van der Waals surface area contributed by atoms with E-state index in [2.05, 4.69) is 0 Å². The molecule has 1 aromatic carbocycles. The summed E-state index contributed by atoms with van der Waals surface area (Å²) >= 11 is 0. The van der Waals surface area contributed by atoms with E-state index in [-0.39, 0.29) is 6.10 Å². The molecule has 0 bridgehead atoms. The lowest BCUT2D eigenvalue weighted by Crippen LogP contribution is -2.10. The summed E-state index contributed by atoms with van der Waals surface area (Å²) in [5.41, 5.74) is 5.58. The Morgan fingerprint density at radius 1 is 1.50 bits per heavy atom. The van der Waals surface area contributed by atoms with Crippen molar-refractivity contribution in [2.45, 2.75) is 6.10 Å². The highest BCUT2D eigenvalue weighted by Crippen LogP contribution is 2.15. The third-order valence-electron chi connectivity index (χ3n) is 1.98. The van der Waals surface area contributed by atoms with Crippen LogP contribution in [-0.4, -0.2) is 25.2 Å². The zero-order chi connectivity index (χ0) is 9.97. The summed E-state index contributed by atoms with van der Waals surface area (Å²) < 4.78 is 10.4. The molecule has 1 heterocycles. The number of carbonyl (C=O) groups is 1. The van der Waals surface area contributed by atoms with Gasteiger partial charge in [0.15, 0.2) is 0 Å². The van der Waals surface area contributed by atoms with Crippen molar-refractivity contribution < 1.29 is 14.3 Å². The van der Waals surface area contributed by atoms with E-state index in [0.29, 0.717) is 12.2 Å². The smallest absolute Gasteiger partial charge is 0.248 e. The number of hydrogen-bond acceptors (Lipinski definition) is 3. The first kappa shape index (κ1) is 9.02. The van der Waals surface area contributed by atoms with E-state index in [1.807, 2.05) is 0 Å². The predicted octanol–water partition coefficient (Wildman–Crippen LogP) is 0.563. The van der Waals surface area contributed by atoms with Gasteiger partial charge in [-0.3, -0.25) is 4.79 Å². The standard InChI is InChI=1S/C10H11NO3/c11-10(12)7-1-3-8(4-2-7)13-5-9-6-14-9/h1-4,9H,5-6H2,(H2,11,12)/t9-/m1/s1. The number of primary amides is 1. The van der Waals surface area contributed by atoms with Gasteiger partial charge in [-0.05, 0) is 24.3 Å². The van der Waals surface area contributed by atoms with E-state index in [9.17, 15) is 4.79 Å². The number of amides is 1. The van der Waals surface area contributed by atoms with Gasteiger partial charge in [-0.25, -0.2) is 0 Å². The molecule has 1 amide bonds. The Balaban J connectivity index is 1.94. The topological polar surface area (TPSA) is 64.9 Å². The van der Waals surface area contributed by atoms with Crippen molar-refractivity contribution in [1.82, 2.24) is 0 Å². The predicted molar refractivity (Wildman–Crippen MR) is 50.2 cm³/mol. The summed E-state index contributed by atoms with van der Waals surface area (Å²) in [4.78, 5) is 10.7. The third-order valence-corrected chi connectivity index (χ3v) is 1.98. The van der Waals surface area contributed by atoms with Gasteiger partial charge in [-0.15, -0.1) is 0 Å². The van der Waals surface area contributed by atoms with Crippen molar-refractivity contribution in [3.63, 3.8) is 0 Å². The first-order valence-corrected chi connectivity index (χ1v) is 4.40. The van der Waals surface area contributed by atoms with Gasteiger partial charge >= 0.3 is 0 Å². The monoisotopic (exact) mass is 193 g/mol. The van der Waals surface area contributed by atoms with Crippen molar-refractivity contribution in [2.24, 2.45) is 5.73 Å². The number of benzene rings is 1. The van der Waals surface area contributed by atoms with Gasteiger partial charge in [0.25, 0.3) is 0 Å². The second-order valence-electron chi connectivity index (χ2n) is 3.15. The third kappa shape index (κ3) is 2.23. The van der Waals surface area contributed by atoms with Crippen molar-refractivity contribution in [3.8, 4) is 5.75 Å². The van der Waals surface area contributed by atoms with Gasteiger partial charge in [-0.2, -0.15) is 0 Å². The Morgan fingerprint density at radius 3 is 2.64 bits per heavy atom. The highest BCUT2D eigenvalue weighted by molar-refractivity contribution is 5.92. The van der Waals surface area contributed by atoms with E-state index >= 15 is 0 Å². The molecule has 0 unspecified atom stereocenters. The number of hydrogen-bond donors (Lipinski definition) is 1. The minimum Gasteiger partial charge on any atom is -0.491 e. The molecule has 1 aromatic rings. The van der Waals surface area contributed by atoms with Crippen LogP contribution in [0.5, 0.6) is 5.75 Å². The fraction of sp³-hybridized carbons (Fsp3) is 0.300. The Labute approximate surface area is 81.6 Å². The first-order chi connectivity index (χ1) is 6.75. The van der Waals surface area contributed by atoms with Crippen LogP contribution in [0.2, 0.25) is 0 Å². The van der Waals surface area contributed by atoms with Crippen LogP contribution in [0, 0.1) is 0 Å². The quantitative estimate of drug-likeness (QED) is 0.711. The highest BCUT2D eigenvalue weighted by Gasteiger charge is 2.22. The fourth-order valence-electron chi connectivity index (χ4n) is 1.07. The van der Waals surface area contributed by atoms with E-state index in [1.165, 1.54) is 0 Å². The molecule has 74 valence electrons. The molecule has 0 aliphatic carbocycles. The van der Waals surface area contributed by atoms with E-state index in [0.717, 1.165) is 12.4 Å². The van der Waals surface area contributed by atoms with Gasteiger partial charge < -0.3 is 15.2 Å². The normalized spacial score (nSPS) is 19.0. The maximum atomic E-state index is 10.7. The van der Waals surface area contributed by atoms with E-state index in [1.54, 1.807) is 24.3 Å². The molecule has 2 N–H and O–H groups in total. The lowest BCUT2D eigenvalue weighted by atomic mass is 10.2. The van der Waals surface area contributed by atoms with Crippen LogP contribution < -0.4 is 10.5 Å². The largest absolute Gasteiger partial charge is 0.491 e. The summed E-state index contributed by atoms with van der Waals surface area (Å²) in [5.74, 6) is 0.299. The summed E-state index contributed by atoms with van der Waals surface area (Å²) in [5, 5.41) is 0. The van der Waals surface area contributed by atoms with Gasteiger partial charge in [-0.1, -0.05) is 0 Å². The van der Waals surface area contributed by atoms with Crippen molar-refractivity contribution in [3.05, 3.63) is 29.8 Å². The molecule has 0 saturated carbocycles. The molecule has 1 aliphatic heterocycles. The summed E-state index contributed by atoms with van der Waals surface area (Å²) in [6.07, 6.45) is 0.241. The van der Waals surface area contributed by atoms with Crippen molar-refractivity contribution in [2.75, 3.05) is 13.2 Å². The van der Waals surface area contributed by atoms with Crippen molar-refractivity contribution in [1.29, 1.82) is 0 Å². The molecular formula is C10H11NO3. The molecule has 4 nitrogen and oxygen atoms in total. The first-order valence-electron chi connectivity index (χ1n) is 4.40. The molecule has 4 heteroatoms. The van der Waals surface area contributed by atoms with E-state index < -0.39 is 5.91 Å². The molecule has 1 saturated heterocycles. The van der Waals surface area contributed by atoms with Gasteiger partial charge in [0.05, 0.1) is 6.61 Å². The SMILES string of the molecule is NC(=O)c1ccc(OC[C@@H]2CO2)cc1. The molecule has 14 heavy (non-hydrogen) atoms. The maximum Gasteiger partial charge on any atom is 0.248 e. The van der Waals surface area contributed by atoms with Crippen LogP contribution in [0.25, 0.3) is 0 Å². The molecule has 1 atom stereocenters. The molecule has 1 aliphatic rings. The minimum absolute atomic E-state index is 0.241. The van der Waals surface area contributed by atoms with Crippen LogP contribution in [0.4, 0.5) is 0 Å². The fourth-order valence-corrected chi connectivity index (χ4v) is 1.07. The van der Waals surface area contributed by atoms with Crippen LogP contribution in [0.3, 0.4) is 0 Å². The average Bonchev–Trinajstić information content (AvgIpc) is 2.99. The number of rotatable bonds is 4. The minimum atomic E-state index is -0.429. The Bertz CT molecular complexity index is 330. The molecule has 0 aromatic heterocycles. The molecular weight excluding hydrogens is 182 g/mol.